The van der Waals surface area contributed by atoms with Gasteiger partial charge in [-0.3, -0.25) is 10.1 Å². The fraction of sp³-hybridized carbons (Fsp3) is 0.300. The van der Waals surface area contributed by atoms with E-state index in [1.807, 2.05) is 17.5 Å². The van der Waals surface area contributed by atoms with Crippen LogP contribution in [0.4, 0.5) is 5.13 Å². The number of hydrogen-bond acceptors (Lipinski definition) is 5. The average Bonchev–Trinajstić information content (AvgIpc) is 3.28. The van der Waals surface area contributed by atoms with Crippen molar-refractivity contribution in [1.29, 1.82) is 0 Å². The van der Waals surface area contributed by atoms with Crippen LogP contribution in [-0.4, -0.2) is 29.9 Å². The Morgan fingerprint density at radius 2 is 1.93 bits per heavy atom. The van der Waals surface area contributed by atoms with Gasteiger partial charge in [-0.15, -0.1) is 11.3 Å². The van der Waals surface area contributed by atoms with Gasteiger partial charge in [0.2, 0.25) is 10.0 Å². The number of nitrogens with one attached hydrogen (secondary N) is 2. The zero-order chi connectivity index (χ0) is 21.2. The molecular formula is C20H24N4O3S2. The molecule has 0 saturated heterocycles. The third kappa shape index (κ3) is 4.92. The Balaban J connectivity index is 1.76. The minimum absolute atomic E-state index is 0.0506. The number of aromatic nitrogens is 2. The lowest BCUT2D eigenvalue weighted by Crippen LogP contribution is -2.29. The first kappa shape index (κ1) is 21.2. The van der Waals surface area contributed by atoms with Gasteiger partial charge in [0.05, 0.1) is 5.69 Å². The van der Waals surface area contributed by atoms with Crippen molar-refractivity contribution in [1.82, 2.24) is 14.3 Å². The summed E-state index contributed by atoms with van der Waals surface area (Å²) >= 11 is 1.32. The number of carbonyl (C=O) groups excluding carboxylic acids is 1. The van der Waals surface area contributed by atoms with Crippen molar-refractivity contribution in [3.05, 3.63) is 53.2 Å². The van der Waals surface area contributed by atoms with E-state index in [1.165, 1.54) is 33.7 Å². The molecule has 3 rings (SSSR count). The standard InChI is InChI=1S/C20H24N4O3S2/c1-5-14-6-8-15(9-7-14)17-12-28-20(21-17)22-19(25)18-10-16(11-24(18)4)29(26,27)23-13(2)3/h6-13,23H,5H2,1-4H3,(H,21,22,25). The molecule has 0 bridgehead atoms. The smallest absolute Gasteiger partial charge is 0.274 e. The highest BCUT2D eigenvalue weighted by Gasteiger charge is 2.21. The number of hydrogen-bond donors (Lipinski definition) is 2. The minimum atomic E-state index is -3.67. The quantitative estimate of drug-likeness (QED) is 0.596. The Labute approximate surface area is 174 Å². The SMILES string of the molecule is CCc1ccc(-c2csc(NC(=O)c3cc(S(=O)(=O)NC(C)C)cn3C)n2)cc1. The van der Waals surface area contributed by atoms with Crippen molar-refractivity contribution in [3.8, 4) is 11.3 Å². The molecule has 154 valence electrons. The number of rotatable bonds is 7. The van der Waals surface area contributed by atoms with Gasteiger partial charge in [-0.2, -0.15) is 0 Å². The molecule has 2 N–H and O–H groups in total. The van der Waals surface area contributed by atoms with Crippen molar-refractivity contribution < 1.29 is 13.2 Å². The summed E-state index contributed by atoms with van der Waals surface area (Å²) in [7, 11) is -2.04. The van der Waals surface area contributed by atoms with Crippen LogP contribution in [0.3, 0.4) is 0 Å². The maximum atomic E-state index is 12.6. The maximum absolute atomic E-state index is 12.6. The van der Waals surface area contributed by atoms with Crippen LogP contribution in [0.15, 0.2) is 46.8 Å². The van der Waals surface area contributed by atoms with Crippen molar-refractivity contribution >= 4 is 32.4 Å². The Kier molecular flexibility index (Phi) is 6.21. The Hall–Kier alpha value is -2.49. The van der Waals surface area contributed by atoms with E-state index < -0.39 is 15.9 Å². The summed E-state index contributed by atoms with van der Waals surface area (Å²) in [6.45, 7) is 5.58. The number of benzene rings is 1. The molecule has 7 nitrogen and oxygen atoms in total. The second-order valence-corrected chi connectivity index (χ2v) is 9.56. The van der Waals surface area contributed by atoms with Crippen molar-refractivity contribution in [3.63, 3.8) is 0 Å². The second-order valence-electron chi connectivity index (χ2n) is 6.99. The average molecular weight is 433 g/mol. The number of aryl methyl sites for hydroxylation is 2. The molecule has 0 aliphatic heterocycles. The molecule has 3 aromatic rings. The fourth-order valence-corrected chi connectivity index (χ4v) is 4.86. The molecule has 0 fully saturated rings. The van der Waals surface area contributed by atoms with Gasteiger partial charge in [0.1, 0.15) is 10.6 Å². The molecule has 0 aliphatic rings. The van der Waals surface area contributed by atoms with E-state index in [1.54, 1.807) is 20.9 Å². The van der Waals surface area contributed by atoms with Gasteiger partial charge >= 0.3 is 0 Å². The first-order valence-electron chi connectivity index (χ1n) is 9.24. The largest absolute Gasteiger partial charge is 0.345 e. The Morgan fingerprint density at radius 3 is 2.55 bits per heavy atom. The fourth-order valence-electron chi connectivity index (χ4n) is 2.82. The first-order chi connectivity index (χ1) is 13.7. The highest BCUT2D eigenvalue weighted by atomic mass is 32.2. The molecule has 0 radical (unpaired) electrons. The number of thiazole rings is 1. The topological polar surface area (TPSA) is 93.1 Å². The molecule has 0 atom stereocenters. The molecule has 2 heterocycles. The van der Waals surface area contributed by atoms with Crippen LogP contribution in [0.2, 0.25) is 0 Å². The number of nitrogens with zero attached hydrogens (tertiary/aromatic N) is 2. The molecule has 2 aromatic heterocycles. The molecule has 0 saturated carbocycles. The molecule has 29 heavy (non-hydrogen) atoms. The van der Waals surface area contributed by atoms with Crippen molar-refractivity contribution in [2.75, 3.05) is 5.32 Å². The summed E-state index contributed by atoms with van der Waals surface area (Å²) in [5, 5.41) is 5.08. The highest BCUT2D eigenvalue weighted by molar-refractivity contribution is 7.89. The van der Waals surface area contributed by atoms with Crippen LogP contribution >= 0.6 is 11.3 Å². The summed E-state index contributed by atoms with van der Waals surface area (Å²) < 4.78 is 28.7. The lowest BCUT2D eigenvalue weighted by molar-refractivity contribution is 0.101. The monoisotopic (exact) mass is 432 g/mol. The van der Waals surface area contributed by atoms with Crippen LogP contribution in [0.5, 0.6) is 0 Å². The van der Waals surface area contributed by atoms with Gasteiger partial charge in [0, 0.05) is 30.2 Å². The summed E-state index contributed by atoms with van der Waals surface area (Å²) in [5.74, 6) is -0.416. The molecule has 9 heteroatoms. The number of anilines is 1. The minimum Gasteiger partial charge on any atom is -0.345 e. The summed E-state index contributed by atoms with van der Waals surface area (Å²) in [5.41, 5.74) is 3.24. The molecule has 0 spiro atoms. The van der Waals surface area contributed by atoms with Gasteiger partial charge in [0.15, 0.2) is 5.13 Å². The Morgan fingerprint density at radius 1 is 1.24 bits per heavy atom. The zero-order valence-corrected chi connectivity index (χ0v) is 18.4. The van der Waals surface area contributed by atoms with E-state index in [0.29, 0.717) is 5.13 Å². The normalized spacial score (nSPS) is 11.8. The van der Waals surface area contributed by atoms with E-state index in [0.717, 1.165) is 17.7 Å². The number of amides is 1. The van der Waals surface area contributed by atoms with Gasteiger partial charge in [-0.1, -0.05) is 31.2 Å². The van der Waals surface area contributed by atoms with Crippen molar-refractivity contribution in [2.45, 2.75) is 38.1 Å². The summed E-state index contributed by atoms with van der Waals surface area (Å²) in [6, 6.07) is 9.26. The van der Waals surface area contributed by atoms with Crippen LogP contribution in [0, 0.1) is 0 Å². The van der Waals surface area contributed by atoms with Crippen LogP contribution in [0.1, 0.15) is 36.8 Å². The molecular weight excluding hydrogens is 408 g/mol. The van der Waals surface area contributed by atoms with Crippen LogP contribution in [-0.2, 0) is 23.5 Å². The third-order valence-electron chi connectivity index (χ3n) is 4.30. The van der Waals surface area contributed by atoms with Gasteiger partial charge < -0.3 is 4.57 Å². The zero-order valence-electron chi connectivity index (χ0n) is 16.8. The second kappa shape index (κ2) is 8.48. The van der Waals surface area contributed by atoms with E-state index in [9.17, 15) is 13.2 Å². The summed E-state index contributed by atoms with van der Waals surface area (Å²) in [6.07, 6.45) is 2.39. The number of sulfonamides is 1. The van der Waals surface area contributed by atoms with E-state index in [-0.39, 0.29) is 16.6 Å². The van der Waals surface area contributed by atoms with Crippen LogP contribution < -0.4 is 10.0 Å². The third-order valence-corrected chi connectivity index (χ3v) is 6.68. The first-order valence-corrected chi connectivity index (χ1v) is 11.6. The predicted molar refractivity (Wildman–Crippen MR) is 116 cm³/mol. The van der Waals surface area contributed by atoms with E-state index in [2.05, 4.69) is 34.1 Å². The Bertz CT molecular complexity index is 1110. The van der Waals surface area contributed by atoms with Gasteiger partial charge in [0.25, 0.3) is 5.91 Å². The van der Waals surface area contributed by atoms with Gasteiger partial charge in [-0.25, -0.2) is 18.1 Å². The molecule has 1 amide bonds. The summed E-state index contributed by atoms with van der Waals surface area (Å²) in [4.78, 5) is 17.2. The van der Waals surface area contributed by atoms with Gasteiger partial charge in [-0.05, 0) is 31.9 Å². The lowest BCUT2D eigenvalue weighted by Gasteiger charge is -2.07. The number of carbonyl (C=O) groups is 1. The molecule has 0 unspecified atom stereocenters. The highest BCUT2D eigenvalue weighted by Crippen LogP contribution is 2.26. The lowest BCUT2D eigenvalue weighted by atomic mass is 10.1. The van der Waals surface area contributed by atoms with E-state index >= 15 is 0 Å². The predicted octanol–water partition coefficient (Wildman–Crippen LogP) is 3.65. The molecule has 0 aliphatic carbocycles. The molecule has 1 aromatic carbocycles. The van der Waals surface area contributed by atoms with Crippen molar-refractivity contribution in [2.24, 2.45) is 7.05 Å². The van der Waals surface area contributed by atoms with E-state index in [4.69, 9.17) is 0 Å². The van der Waals surface area contributed by atoms with Crippen LogP contribution in [0.25, 0.3) is 11.3 Å². The maximum Gasteiger partial charge on any atom is 0.274 e.